The predicted octanol–water partition coefficient (Wildman–Crippen LogP) is 2.47. The number of hydrogen-bond donors (Lipinski definition) is 0. The summed E-state index contributed by atoms with van der Waals surface area (Å²) in [5.74, 6) is 0.0383. The first-order valence-corrected chi connectivity index (χ1v) is 7.73. The third kappa shape index (κ3) is 2.04. The molecule has 3 heterocycles. The van der Waals surface area contributed by atoms with Gasteiger partial charge in [0.05, 0.1) is 17.2 Å². The molecule has 1 aliphatic heterocycles. The van der Waals surface area contributed by atoms with Crippen molar-refractivity contribution in [1.29, 1.82) is 0 Å². The molecule has 0 radical (unpaired) electrons. The highest BCUT2D eigenvalue weighted by Gasteiger charge is 2.34. The van der Waals surface area contributed by atoms with Gasteiger partial charge in [0.15, 0.2) is 0 Å². The summed E-state index contributed by atoms with van der Waals surface area (Å²) in [6.07, 6.45) is 2.04. The molecule has 5 nitrogen and oxygen atoms in total. The maximum absolute atomic E-state index is 12.6. The van der Waals surface area contributed by atoms with E-state index in [1.165, 1.54) is 16.9 Å². The Labute approximate surface area is 122 Å². The SMILES string of the molecule is Cc1nn(C)c(C)c1[C@@H]1CCCN1C(=O)c1cscn1. The van der Waals surface area contributed by atoms with Gasteiger partial charge in [0, 0.05) is 30.2 Å². The molecule has 0 aliphatic carbocycles. The first-order chi connectivity index (χ1) is 9.59. The summed E-state index contributed by atoms with van der Waals surface area (Å²) < 4.78 is 1.90. The third-order valence-corrected chi connectivity index (χ3v) is 4.65. The Morgan fingerprint density at radius 3 is 2.85 bits per heavy atom. The van der Waals surface area contributed by atoms with E-state index >= 15 is 0 Å². The van der Waals surface area contributed by atoms with Crippen molar-refractivity contribution in [2.45, 2.75) is 32.7 Å². The molecule has 1 saturated heterocycles. The number of aromatic nitrogens is 3. The van der Waals surface area contributed by atoms with Gasteiger partial charge in [-0.3, -0.25) is 9.48 Å². The van der Waals surface area contributed by atoms with Crippen LogP contribution in [-0.4, -0.2) is 32.1 Å². The summed E-state index contributed by atoms with van der Waals surface area (Å²) in [6, 6.07) is 0.137. The minimum atomic E-state index is 0.0383. The molecule has 0 aromatic carbocycles. The Morgan fingerprint density at radius 2 is 2.25 bits per heavy atom. The second-order valence-corrected chi connectivity index (χ2v) is 5.96. The lowest BCUT2D eigenvalue weighted by molar-refractivity contribution is 0.0730. The first-order valence-electron chi connectivity index (χ1n) is 6.79. The quantitative estimate of drug-likeness (QED) is 0.853. The van der Waals surface area contributed by atoms with Crippen LogP contribution in [0.3, 0.4) is 0 Å². The molecular formula is C14H18N4OS. The topological polar surface area (TPSA) is 51.0 Å². The van der Waals surface area contributed by atoms with Gasteiger partial charge in [0.1, 0.15) is 5.69 Å². The maximum atomic E-state index is 12.6. The first kappa shape index (κ1) is 13.3. The number of carbonyl (C=O) groups is 1. The monoisotopic (exact) mass is 290 g/mol. The number of likely N-dealkylation sites (tertiary alicyclic amines) is 1. The van der Waals surface area contributed by atoms with Crippen molar-refractivity contribution >= 4 is 17.2 Å². The van der Waals surface area contributed by atoms with Crippen LogP contribution in [-0.2, 0) is 7.05 Å². The van der Waals surface area contributed by atoms with E-state index in [0.29, 0.717) is 5.69 Å². The minimum Gasteiger partial charge on any atom is -0.330 e. The average Bonchev–Trinajstić information content (AvgIpc) is 3.12. The lowest BCUT2D eigenvalue weighted by Gasteiger charge is -2.24. The number of amides is 1. The van der Waals surface area contributed by atoms with Crippen LogP contribution in [0.5, 0.6) is 0 Å². The number of thiazole rings is 1. The van der Waals surface area contributed by atoms with Crippen LogP contribution in [0.1, 0.15) is 46.3 Å². The Hall–Kier alpha value is -1.69. The van der Waals surface area contributed by atoms with Crippen LogP contribution in [0.2, 0.25) is 0 Å². The maximum Gasteiger partial charge on any atom is 0.273 e. The zero-order chi connectivity index (χ0) is 14.3. The van der Waals surface area contributed by atoms with Crippen molar-refractivity contribution < 1.29 is 4.79 Å². The van der Waals surface area contributed by atoms with Gasteiger partial charge in [-0.15, -0.1) is 11.3 Å². The van der Waals surface area contributed by atoms with Gasteiger partial charge in [0.25, 0.3) is 5.91 Å². The van der Waals surface area contributed by atoms with Crippen molar-refractivity contribution in [2.24, 2.45) is 7.05 Å². The highest BCUT2D eigenvalue weighted by molar-refractivity contribution is 7.07. The van der Waals surface area contributed by atoms with E-state index in [4.69, 9.17) is 0 Å². The van der Waals surface area contributed by atoms with Crippen molar-refractivity contribution in [2.75, 3.05) is 6.54 Å². The van der Waals surface area contributed by atoms with Gasteiger partial charge in [-0.2, -0.15) is 5.10 Å². The van der Waals surface area contributed by atoms with Crippen LogP contribution in [0.25, 0.3) is 0 Å². The van der Waals surface area contributed by atoms with E-state index in [-0.39, 0.29) is 11.9 Å². The fraction of sp³-hybridized carbons (Fsp3) is 0.500. The van der Waals surface area contributed by atoms with Gasteiger partial charge in [-0.1, -0.05) is 0 Å². The molecule has 2 aromatic rings. The normalized spacial score (nSPS) is 18.8. The molecule has 1 amide bonds. The van der Waals surface area contributed by atoms with Gasteiger partial charge in [-0.25, -0.2) is 4.98 Å². The van der Waals surface area contributed by atoms with E-state index in [1.807, 2.05) is 28.9 Å². The summed E-state index contributed by atoms with van der Waals surface area (Å²) in [7, 11) is 1.95. The van der Waals surface area contributed by atoms with Gasteiger partial charge < -0.3 is 4.90 Å². The molecule has 1 aliphatic rings. The standard InChI is InChI=1S/C14H18N4OS/c1-9-13(10(2)17(3)16-9)12-5-4-6-18(12)14(19)11-7-20-8-15-11/h7-8,12H,4-6H2,1-3H3/t12-/m0/s1. The Bertz CT molecular complexity index is 632. The number of aryl methyl sites for hydroxylation is 2. The molecule has 2 aromatic heterocycles. The highest BCUT2D eigenvalue weighted by atomic mass is 32.1. The second kappa shape index (κ2) is 5.01. The Kier molecular flexibility index (Phi) is 3.33. The molecule has 0 N–H and O–H groups in total. The van der Waals surface area contributed by atoms with E-state index in [2.05, 4.69) is 17.0 Å². The molecule has 0 bridgehead atoms. The molecule has 0 unspecified atom stereocenters. The van der Waals surface area contributed by atoms with Crippen molar-refractivity contribution in [3.8, 4) is 0 Å². The molecule has 1 fully saturated rings. The van der Waals surface area contributed by atoms with Crippen molar-refractivity contribution in [3.63, 3.8) is 0 Å². The van der Waals surface area contributed by atoms with Crippen LogP contribution < -0.4 is 0 Å². The smallest absolute Gasteiger partial charge is 0.273 e. The lowest BCUT2D eigenvalue weighted by Crippen LogP contribution is -2.31. The lowest BCUT2D eigenvalue weighted by atomic mass is 10.0. The van der Waals surface area contributed by atoms with Gasteiger partial charge >= 0.3 is 0 Å². The summed E-state index contributed by atoms with van der Waals surface area (Å²) in [5, 5.41) is 6.30. The molecule has 0 saturated carbocycles. The predicted molar refractivity (Wildman–Crippen MR) is 77.8 cm³/mol. The van der Waals surface area contributed by atoms with E-state index < -0.39 is 0 Å². The Balaban J connectivity index is 1.95. The van der Waals surface area contributed by atoms with E-state index in [0.717, 1.165) is 30.8 Å². The average molecular weight is 290 g/mol. The van der Waals surface area contributed by atoms with Crippen molar-refractivity contribution in [3.05, 3.63) is 33.5 Å². The number of hydrogen-bond acceptors (Lipinski definition) is 4. The zero-order valence-corrected chi connectivity index (χ0v) is 12.8. The summed E-state index contributed by atoms with van der Waals surface area (Å²) in [5.41, 5.74) is 5.63. The molecule has 106 valence electrons. The summed E-state index contributed by atoms with van der Waals surface area (Å²) >= 11 is 1.46. The van der Waals surface area contributed by atoms with Crippen LogP contribution in [0, 0.1) is 13.8 Å². The summed E-state index contributed by atoms with van der Waals surface area (Å²) in [6.45, 7) is 4.89. The van der Waals surface area contributed by atoms with Gasteiger partial charge in [0.2, 0.25) is 0 Å². The Morgan fingerprint density at radius 1 is 1.45 bits per heavy atom. The van der Waals surface area contributed by atoms with E-state index in [1.54, 1.807) is 5.51 Å². The number of rotatable bonds is 2. The molecule has 0 spiro atoms. The number of carbonyl (C=O) groups excluding carboxylic acids is 1. The minimum absolute atomic E-state index is 0.0383. The van der Waals surface area contributed by atoms with E-state index in [9.17, 15) is 4.79 Å². The van der Waals surface area contributed by atoms with Gasteiger partial charge in [-0.05, 0) is 26.7 Å². The van der Waals surface area contributed by atoms with Crippen LogP contribution in [0.4, 0.5) is 0 Å². The zero-order valence-electron chi connectivity index (χ0n) is 12.0. The van der Waals surface area contributed by atoms with Crippen LogP contribution >= 0.6 is 11.3 Å². The molecule has 6 heteroatoms. The number of nitrogens with zero attached hydrogens (tertiary/aromatic N) is 4. The molecule has 1 atom stereocenters. The largest absolute Gasteiger partial charge is 0.330 e. The van der Waals surface area contributed by atoms with Crippen LogP contribution in [0.15, 0.2) is 10.9 Å². The van der Waals surface area contributed by atoms with Crippen molar-refractivity contribution in [1.82, 2.24) is 19.7 Å². The summed E-state index contributed by atoms with van der Waals surface area (Å²) in [4.78, 5) is 18.7. The molecule has 20 heavy (non-hydrogen) atoms. The molecular weight excluding hydrogens is 272 g/mol. The highest BCUT2D eigenvalue weighted by Crippen LogP contribution is 2.36. The second-order valence-electron chi connectivity index (χ2n) is 5.24. The fourth-order valence-corrected chi connectivity index (χ4v) is 3.57. The fourth-order valence-electron chi connectivity index (χ4n) is 3.05. The molecule has 3 rings (SSSR count). The third-order valence-electron chi connectivity index (χ3n) is 4.06.